The number of hydrogen-bond donors (Lipinski definition) is 1. The summed E-state index contributed by atoms with van der Waals surface area (Å²) in [6.07, 6.45) is 7.65. The maximum Gasteiger partial charge on any atom is 0.228 e. The number of carbonyl (C=O) groups is 1. The number of nitrogens with one attached hydrogen (secondary N) is 1. The number of fused-ring (bicyclic) bond motifs is 1. The molecule has 0 aliphatic carbocycles. The number of rotatable bonds is 7. The van der Waals surface area contributed by atoms with Gasteiger partial charge < -0.3 is 10.1 Å². The van der Waals surface area contributed by atoms with Crippen LogP contribution >= 0.6 is 0 Å². The Labute approximate surface area is 179 Å². The Morgan fingerprint density at radius 2 is 2.00 bits per heavy atom. The summed E-state index contributed by atoms with van der Waals surface area (Å²) in [5, 5.41) is 3.61. The fraction of sp³-hybridized carbons (Fsp3) is 0.400. The van der Waals surface area contributed by atoms with Crippen LogP contribution in [-0.2, 0) is 17.8 Å². The highest BCUT2D eigenvalue weighted by Gasteiger charge is 2.27. The molecule has 156 valence electrons. The van der Waals surface area contributed by atoms with Crippen LogP contribution in [0.5, 0.6) is 5.75 Å². The third-order valence-corrected chi connectivity index (χ3v) is 5.82. The molecule has 2 aliphatic rings. The van der Waals surface area contributed by atoms with Crippen LogP contribution in [0.3, 0.4) is 0 Å². The summed E-state index contributed by atoms with van der Waals surface area (Å²) < 4.78 is 6.16. The van der Waals surface area contributed by atoms with Crippen LogP contribution in [0.2, 0.25) is 0 Å². The van der Waals surface area contributed by atoms with E-state index in [2.05, 4.69) is 52.5 Å². The SMILES string of the molecule is C#CCN1C(=O)CCc2cccc(OCCC3CN(Cc4ccccc4)CCN3)c21. The van der Waals surface area contributed by atoms with Crippen molar-refractivity contribution in [2.75, 3.05) is 37.7 Å². The average molecular weight is 404 g/mol. The van der Waals surface area contributed by atoms with Gasteiger partial charge in [0.25, 0.3) is 0 Å². The topological polar surface area (TPSA) is 44.8 Å². The Hall–Kier alpha value is -2.81. The molecule has 5 heteroatoms. The number of ether oxygens (including phenoxy) is 1. The fourth-order valence-electron chi connectivity index (χ4n) is 4.34. The lowest BCUT2D eigenvalue weighted by Crippen LogP contribution is -2.50. The summed E-state index contributed by atoms with van der Waals surface area (Å²) in [5.41, 5.74) is 3.34. The zero-order valence-electron chi connectivity index (χ0n) is 17.3. The summed E-state index contributed by atoms with van der Waals surface area (Å²) in [7, 11) is 0. The van der Waals surface area contributed by atoms with E-state index in [0.29, 0.717) is 19.1 Å². The number of anilines is 1. The third kappa shape index (κ3) is 4.84. The average Bonchev–Trinajstić information content (AvgIpc) is 2.77. The van der Waals surface area contributed by atoms with E-state index >= 15 is 0 Å². The van der Waals surface area contributed by atoms with Crippen LogP contribution in [0.15, 0.2) is 48.5 Å². The quantitative estimate of drug-likeness (QED) is 0.722. The molecule has 2 heterocycles. The number of benzene rings is 2. The number of terminal acetylenes is 1. The van der Waals surface area contributed by atoms with Gasteiger partial charge in [-0.25, -0.2) is 0 Å². The molecule has 1 amide bonds. The number of nitrogens with zero attached hydrogens (tertiary/aromatic N) is 2. The maximum atomic E-state index is 12.4. The van der Waals surface area contributed by atoms with Gasteiger partial charge >= 0.3 is 0 Å². The van der Waals surface area contributed by atoms with E-state index in [0.717, 1.165) is 56.0 Å². The van der Waals surface area contributed by atoms with E-state index in [1.54, 1.807) is 4.90 Å². The van der Waals surface area contributed by atoms with Gasteiger partial charge in [0.05, 0.1) is 18.8 Å². The molecule has 30 heavy (non-hydrogen) atoms. The predicted octanol–water partition coefficient (Wildman–Crippen LogP) is 2.84. The lowest BCUT2D eigenvalue weighted by atomic mass is 10.0. The van der Waals surface area contributed by atoms with Gasteiger partial charge in [-0.05, 0) is 30.0 Å². The van der Waals surface area contributed by atoms with Gasteiger partial charge in [0, 0.05) is 38.6 Å². The summed E-state index contributed by atoms with van der Waals surface area (Å²) >= 11 is 0. The van der Waals surface area contributed by atoms with Gasteiger partial charge in [0.15, 0.2) is 0 Å². The van der Waals surface area contributed by atoms with Crippen LogP contribution in [0.4, 0.5) is 5.69 Å². The molecule has 0 aromatic heterocycles. The van der Waals surface area contributed by atoms with E-state index in [1.807, 2.05) is 12.1 Å². The Kier molecular flexibility index (Phi) is 6.68. The highest BCUT2D eigenvalue weighted by molar-refractivity contribution is 5.98. The number of hydrogen-bond acceptors (Lipinski definition) is 4. The van der Waals surface area contributed by atoms with Crippen LogP contribution in [-0.4, -0.2) is 49.6 Å². The first-order valence-electron chi connectivity index (χ1n) is 10.7. The van der Waals surface area contributed by atoms with Crippen molar-refractivity contribution in [2.24, 2.45) is 0 Å². The summed E-state index contributed by atoms with van der Waals surface area (Å²) in [4.78, 5) is 16.5. The zero-order chi connectivity index (χ0) is 20.8. The molecule has 1 saturated heterocycles. The smallest absolute Gasteiger partial charge is 0.228 e. The second kappa shape index (κ2) is 9.80. The molecule has 2 aliphatic heterocycles. The highest BCUT2D eigenvalue weighted by atomic mass is 16.5. The van der Waals surface area contributed by atoms with Crippen molar-refractivity contribution in [2.45, 2.75) is 31.8 Å². The number of carbonyl (C=O) groups excluding carboxylic acids is 1. The summed E-state index contributed by atoms with van der Waals surface area (Å²) in [6.45, 7) is 4.92. The Balaban J connectivity index is 1.34. The molecule has 1 N–H and O–H groups in total. The van der Waals surface area contributed by atoms with Crippen molar-refractivity contribution in [3.63, 3.8) is 0 Å². The minimum absolute atomic E-state index is 0.0713. The normalized spacial score (nSPS) is 19.2. The molecular weight excluding hydrogens is 374 g/mol. The molecule has 0 radical (unpaired) electrons. The molecule has 4 rings (SSSR count). The molecule has 1 atom stereocenters. The molecular formula is C25H29N3O2. The van der Waals surface area contributed by atoms with Crippen LogP contribution < -0.4 is 15.0 Å². The first-order chi connectivity index (χ1) is 14.7. The maximum absolute atomic E-state index is 12.4. The summed E-state index contributed by atoms with van der Waals surface area (Å²) in [6, 6.07) is 17.0. The molecule has 0 saturated carbocycles. The van der Waals surface area contributed by atoms with E-state index in [1.165, 1.54) is 5.56 Å². The number of para-hydroxylation sites is 1. The minimum Gasteiger partial charge on any atom is -0.491 e. The Morgan fingerprint density at radius 1 is 1.13 bits per heavy atom. The van der Waals surface area contributed by atoms with E-state index in [9.17, 15) is 4.79 Å². The van der Waals surface area contributed by atoms with Crippen LogP contribution in [0, 0.1) is 12.3 Å². The molecule has 2 aromatic rings. The van der Waals surface area contributed by atoms with Crippen molar-refractivity contribution in [1.29, 1.82) is 0 Å². The van der Waals surface area contributed by atoms with Gasteiger partial charge in [-0.1, -0.05) is 48.4 Å². The van der Waals surface area contributed by atoms with Gasteiger partial charge in [-0.15, -0.1) is 6.42 Å². The molecule has 0 bridgehead atoms. The van der Waals surface area contributed by atoms with Gasteiger partial charge in [0.1, 0.15) is 5.75 Å². The van der Waals surface area contributed by atoms with Crippen LogP contribution in [0.1, 0.15) is 24.0 Å². The molecule has 2 aromatic carbocycles. The zero-order valence-corrected chi connectivity index (χ0v) is 17.3. The van der Waals surface area contributed by atoms with Crippen molar-refractivity contribution in [1.82, 2.24) is 10.2 Å². The minimum atomic E-state index is 0.0713. The monoisotopic (exact) mass is 403 g/mol. The molecule has 5 nitrogen and oxygen atoms in total. The van der Waals surface area contributed by atoms with E-state index in [-0.39, 0.29) is 12.5 Å². The highest BCUT2D eigenvalue weighted by Crippen LogP contribution is 2.36. The largest absolute Gasteiger partial charge is 0.491 e. The van der Waals surface area contributed by atoms with Gasteiger partial charge in [-0.3, -0.25) is 14.6 Å². The second-order valence-electron chi connectivity index (χ2n) is 7.96. The fourth-order valence-corrected chi connectivity index (χ4v) is 4.34. The van der Waals surface area contributed by atoms with Crippen molar-refractivity contribution >= 4 is 11.6 Å². The Bertz CT molecular complexity index is 906. The van der Waals surface area contributed by atoms with Crippen LogP contribution in [0.25, 0.3) is 0 Å². The van der Waals surface area contributed by atoms with Gasteiger partial charge in [0.2, 0.25) is 5.91 Å². The number of amides is 1. The van der Waals surface area contributed by atoms with Crippen molar-refractivity contribution < 1.29 is 9.53 Å². The van der Waals surface area contributed by atoms with Crippen molar-refractivity contribution in [3.8, 4) is 18.1 Å². The molecule has 0 spiro atoms. The van der Waals surface area contributed by atoms with E-state index in [4.69, 9.17) is 11.2 Å². The lowest BCUT2D eigenvalue weighted by molar-refractivity contribution is -0.118. The second-order valence-corrected chi connectivity index (χ2v) is 7.96. The lowest BCUT2D eigenvalue weighted by Gasteiger charge is -2.34. The third-order valence-electron chi connectivity index (χ3n) is 5.82. The number of aryl methyl sites for hydroxylation is 1. The standard InChI is InChI=1S/C25H29N3O2/c1-2-15-28-24(29)12-11-21-9-6-10-23(25(21)28)30-17-13-22-19-27(16-14-26-22)18-20-7-4-3-5-8-20/h1,3-10,22,26H,11-19H2. The molecule has 1 unspecified atom stereocenters. The Morgan fingerprint density at radius 3 is 2.83 bits per heavy atom. The predicted molar refractivity (Wildman–Crippen MR) is 120 cm³/mol. The number of piperazine rings is 1. The first kappa shape index (κ1) is 20.5. The van der Waals surface area contributed by atoms with Crippen molar-refractivity contribution in [3.05, 3.63) is 59.7 Å². The summed E-state index contributed by atoms with van der Waals surface area (Å²) in [5.74, 6) is 3.43. The molecule has 1 fully saturated rings. The first-order valence-corrected chi connectivity index (χ1v) is 10.7. The van der Waals surface area contributed by atoms with E-state index < -0.39 is 0 Å². The van der Waals surface area contributed by atoms with Gasteiger partial charge in [-0.2, -0.15) is 0 Å².